The molecule has 1 aromatic carbocycles. The molecule has 0 spiro atoms. The lowest BCUT2D eigenvalue weighted by Gasteiger charge is -2.04. The Morgan fingerprint density at radius 2 is 1.96 bits per heavy atom. The summed E-state index contributed by atoms with van der Waals surface area (Å²) in [6, 6.07) is 11.6. The fraction of sp³-hybridized carbons (Fsp3) is 0.222. The third-order valence-electron chi connectivity index (χ3n) is 3.67. The second-order valence-electron chi connectivity index (χ2n) is 5.57. The lowest BCUT2D eigenvalue weighted by Crippen LogP contribution is -2.11. The van der Waals surface area contributed by atoms with Gasteiger partial charge in [-0.1, -0.05) is 31.0 Å². The van der Waals surface area contributed by atoms with Gasteiger partial charge >= 0.3 is 0 Å². The van der Waals surface area contributed by atoms with Crippen LogP contribution in [-0.2, 0) is 6.42 Å². The van der Waals surface area contributed by atoms with Crippen LogP contribution in [0.4, 0.5) is 11.4 Å². The van der Waals surface area contributed by atoms with Crippen molar-refractivity contribution in [2.75, 3.05) is 11.1 Å². The quantitative estimate of drug-likeness (QED) is 0.747. The van der Waals surface area contributed by atoms with E-state index in [9.17, 15) is 4.79 Å². The number of amides is 1. The molecule has 3 N–H and O–H groups in total. The smallest absolute Gasteiger partial charge is 0.267 e. The number of hydrogen-bond donors (Lipinski definition) is 2. The molecule has 118 valence electrons. The molecule has 0 aliphatic rings. The number of nitrogens with two attached hydrogens (primary N) is 1. The lowest BCUT2D eigenvalue weighted by atomic mass is 10.2. The topological polar surface area (TPSA) is 68.0 Å². The molecule has 0 aliphatic carbocycles. The van der Waals surface area contributed by atoms with Crippen molar-refractivity contribution in [1.82, 2.24) is 4.98 Å². The summed E-state index contributed by atoms with van der Waals surface area (Å²) in [5.74, 6) is -0.189. The van der Waals surface area contributed by atoms with Gasteiger partial charge in [-0.2, -0.15) is 0 Å². The minimum atomic E-state index is -0.189. The third kappa shape index (κ3) is 3.19. The van der Waals surface area contributed by atoms with Crippen molar-refractivity contribution >= 4 is 38.8 Å². The van der Waals surface area contributed by atoms with Crippen molar-refractivity contribution in [3.63, 3.8) is 0 Å². The molecule has 0 aliphatic heterocycles. The number of rotatable bonds is 4. The Bertz CT molecular complexity index is 853. The normalized spacial score (nSPS) is 10.9. The van der Waals surface area contributed by atoms with Crippen LogP contribution in [0, 0.1) is 6.92 Å². The van der Waals surface area contributed by atoms with Crippen molar-refractivity contribution in [3.8, 4) is 0 Å². The lowest BCUT2D eigenvalue weighted by molar-refractivity contribution is 0.103. The number of aromatic nitrogens is 1. The van der Waals surface area contributed by atoms with E-state index >= 15 is 0 Å². The summed E-state index contributed by atoms with van der Waals surface area (Å²) < 4.78 is 0. The van der Waals surface area contributed by atoms with Crippen LogP contribution < -0.4 is 11.1 Å². The summed E-state index contributed by atoms with van der Waals surface area (Å²) >= 11 is 1.35. The molecule has 0 saturated heterocycles. The molecule has 5 heteroatoms. The molecule has 4 nitrogen and oxygen atoms in total. The number of fused-ring (bicyclic) bond motifs is 1. The molecule has 0 bridgehead atoms. The Hall–Kier alpha value is -2.40. The van der Waals surface area contributed by atoms with Crippen molar-refractivity contribution in [2.24, 2.45) is 0 Å². The zero-order valence-corrected chi connectivity index (χ0v) is 14.0. The van der Waals surface area contributed by atoms with E-state index in [4.69, 9.17) is 5.73 Å². The molecular formula is C18H19N3OS. The number of thiophene rings is 1. The minimum absolute atomic E-state index is 0.189. The minimum Gasteiger partial charge on any atom is -0.397 e. The van der Waals surface area contributed by atoms with Crippen LogP contribution in [0.2, 0.25) is 0 Å². The van der Waals surface area contributed by atoms with Gasteiger partial charge in [-0.25, -0.2) is 4.98 Å². The highest BCUT2D eigenvalue weighted by Gasteiger charge is 2.17. The SMILES string of the molecule is CCCc1ccc2c(N)c(C(=O)Nc3ccc(C)cc3)sc2n1. The van der Waals surface area contributed by atoms with Crippen LogP contribution in [0.5, 0.6) is 0 Å². The Morgan fingerprint density at radius 3 is 2.65 bits per heavy atom. The molecular weight excluding hydrogens is 306 g/mol. The van der Waals surface area contributed by atoms with E-state index in [0.29, 0.717) is 10.6 Å². The van der Waals surface area contributed by atoms with Crippen LogP contribution in [0.1, 0.15) is 34.3 Å². The average Bonchev–Trinajstić information content (AvgIpc) is 2.87. The van der Waals surface area contributed by atoms with E-state index in [1.54, 1.807) is 0 Å². The highest BCUT2D eigenvalue weighted by Crippen LogP contribution is 2.33. The zero-order valence-electron chi connectivity index (χ0n) is 13.2. The molecule has 3 rings (SSSR count). The number of carbonyl (C=O) groups is 1. The van der Waals surface area contributed by atoms with E-state index in [0.717, 1.165) is 40.0 Å². The first-order valence-electron chi connectivity index (χ1n) is 7.64. The number of pyridine rings is 1. The second kappa shape index (κ2) is 6.38. The number of benzene rings is 1. The van der Waals surface area contributed by atoms with Gasteiger partial charge in [-0.3, -0.25) is 4.79 Å². The van der Waals surface area contributed by atoms with Crippen LogP contribution in [0.25, 0.3) is 10.2 Å². The van der Waals surface area contributed by atoms with Crippen molar-refractivity contribution in [2.45, 2.75) is 26.7 Å². The van der Waals surface area contributed by atoms with Gasteiger partial charge in [0.05, 0.1) is 5.69 Å². The first kappa shape index (κ1) is 15.5. The summed E-state index contributed by atoms with van der Waals surface area (Å²) in [6.07, 6.45) is 1.97. The largest absolute Gasteiger partial charge is 0.397 e. The maximum Gasteiger partial charge on any atom is 0.267 e. The predicted molar refractivity (Wildman–Crippen MR) is 97.2 cm³/mol. The molecule has 0 atom stereocenters. The maximum absolute atomic E-state index is 12.5. The molecule has 23 heavy (non-hydrogen) atoms. The molecule has 0 saturated carbocycles. The Labute approximate surface area is 139 Å². The molecule has 2 heterocycles. The predicted octanol–water partition coefficient (Wildman–Crippen LogP) is 4.39. The fourth-order valence-electron chi connectivity index (χ4n) is 2.42. The second-order valence-corrected chi connectivity index (χ2v) is 6.57. The van der Waals surface area contributed by atoms with Gasteiger partial charge < -0.3 is 11.1 Å². The summed E-state index contributed by atoms with van der Waals surface area (Å²) in [4.78, 5) is 18.4. The monoisotopic (exact) mass is 325 g/mol. The number of anilines is 2. The van der Waals surface area contributed by atoms with Gasteiger partial charge in [-0.15, -0.1) is 11.3 Å². The molecule has 0 unspecified atom stereocenters. The Balaban J connectivity index is 1.90. The first-order chi connectivity index (χ1) is 11.1. The van der Waals surface area contributed by atoms with Crippen molar-refractivity contribution in [3.05, 3.63) is 52.5 Å². The maximum atomic E-state index is 12.5. The fourth-order valence-corrected chi connectivity index (χ4v) is 3.43. The van der Waals surface area contributed by atoms with E-state index in [-0.39, 0.29) is 5.91 Å². The van der Waals surface area contributed by atoms with Crippen LogP contribution in [0.15, 0.2) is 36.4 Å². The summed E-state index contributed by atoms with van der Waals surface area (Å²) in [5, 5.41) is 3.74. The average molecular weight is 325 g/mol. The van der Waals surface area contributed by atoms with Crippen LogP contribution in [-0.4, -0.2) is 10.9 Å². The number of nitrogen functional groups attached to an aromatic ring is 1. The van der Waals surface area contributed by atoms with Crippen LogP contribution >= 0.6 is 11.3 Å². The number of nitrogens with one attached hydrogen (secondary N) is 1. The van der Waals surface area contributed by atoms with Crippen molar-refractivity contribution < 1.29 is 4.79 Å². The summed E-state index contributed by atoms with van der Waals surface area (Å²) in [5.41, 5.74) is 9.60. The van der Waals surface area contributed by atoms with E-state index in [1.165, 1.54) is 11.3 Å². The molecule has 2 aromatic heterocycles. The van der Waals surface area contributed by atoms with E-state index in [1.807, 2.05) is 43.3 Å². The van der Waals surface area contributed by atoms with Gasteiger partial charge in [0, 0.05) is 16.8 Å². The number of nitrogens with zero attached hydrogens (tertiary/aromatic N) is 1. The highest BCUT2D eigenvalue weighted by molar-refractivity contribution is 7.21. The molecule has 0 fully saturated rings. The van der Waals surface area contributed by atoms with E-state index in [2.05, 4.69) is 17.2 Å². The Morgan fingerprint density at radius 1 is 1.22 bits per heavy atom. The Kier molecular flexibility index (Phi) is 4.30. The van der Waals surface area contributed by atoms with E-state index < -0.39 is 0 Å². The van der Waals surface area contributed by atoms with Gasteiger partial charge in [0.15, 0.2) is 0 Å². The zero-order chi connectivity index (χ0) is 16.4. The number of hydrogen-bond acceptors (Lipinski definition) is 4. The van der Waals surface area contributed by atoms with Gasteiger partial charge in [0.25, 0.3) is 5.91 Å². The summed E-state index contributed by atoms with van der Waals surface area (Å²) in [6.45, 7) is 4.13. The van der Waals surface area contributed by atoms with Gasteiger partial charge in [0.2, 0.25) is 0 Å². The molecule has 1 amide bonds. The number of aryl methyl sites for hydroxylation is 2. The van der Waals surface area contributed by atoms with Gasteiger partial charge in [0.1, 0.15) is 9.71 Å². The van der Waals surface area contributed by atoms with Crippen molar-refractivity contribution in [1.29, 1.82) is 0 Å². The van der Waals surface area contributed by atoms with Crippen LogP contribution in [0.3, 0.4) is 0 Å². The standard InChI is InChI=1S/C18H19N3OS/c1-3-4-12-9-10-14-15(19)16(23-18(14)21-12)17(22)20-13-7-5-11(2)6-8-13/h5-10H,3-4,19H2,1-2H3,(H,20,22). The highest BCUT2D eigenvalue weighted by atomic mass is 32.1. The molecule has 0 radical (unpaired) electrons. The van der Waals surface area contributed by atoms with Gasteiger partial charge in [-0.05, 0) is 37.6 Å². The molecule has 3 aromatic rings. The number of carbonyl (C=O) groups excluding carboxylic acids is 1. The first-order valence-corrected chi connectivity index (χ1v) is 8.46. The summed E-state index contributed by atoms with van der Waals surface area (Å²) in [7, 11) is 0. The third-order valence-corrected chi connectivity index (χ3v) is 4.79.